The molecule has 0 radical (unpaired) electrons. The van der Waals surface area contributed by atoms with E-state index in [0.29, 0.717) is 28.6 Å². The smallest absolute Gasteiger partial charge is 0.270 e. The number of nitrogens with one attached hydrogen (secondary N) is 1. The maximum absolute atomic E-state index is 12.6. The lowest BCUT2D eigenvalue weighted by molar-refractivity contribution is -0.384. The number of halogens is 1. The first-order valence-electron chi connectivity index (χ1n) is 9.47. The largest absolute Gasteiger partial charge is 0.489 e. The third-order valence-electron chi connectivity index (χ3n) is 4.51. The first kappa shape index (κ1) is 21.7. The maximum atomic E-state index is 12.6. The number of benzene rings is 3. The zero-order valence-electron chi connectivity index (χ0n) is 16.5. The highest BCUT2D eigenvalue weighted by atomic mass is 79.9. The van der Waals surface area contributed by atoms with Crippen LogP contribution in [0.25, 0.3) is 11.3 Å². The zero-order valence-corrected chi connectivity index (χ0v) is 18.9. The first-order valence-corrected chi connectivity index (χ1v) is 11.1. The lowest BCUT2D eigenvalue weighted by Gasteiger charge is -2.07. The number of amides is 1. The molecular weight excluding hydrogens is 494 g/mol. The molecule has 1 aromatic heterocycles. The van der Waals surface area contributed by atoms with Gasteiger partial charge in [-0.3, -0.25) is 20.2 Å². The predicted molar refractivity (Wildman–Crippen MR) is 127 cm³/mol. The van der Waals surface area contributed by atoms with Crippen molar-refractivity contribution in [3.8, 4) is 17.0 Å². The van der Waals surface area contributed by atoms with Gasteiger partial charge in [0.2, 0.25) is 0 Å². The second kappa shape index (κ2) is 9.71. The third-order valence-corrected chi connectivity index (χ3v) is 5.80. The summed E-state index contributed by atoms with van der Waals surface area (Å²) < 4.78 is 6.72. The molecule has 0 aliphatic rings. The minimum absolute atomic E-state index is 0.00899. The fourth-order valence-electron chi connectivity index (χ4n) is 2.86. The van der Waals surface area contributed by atoms with E-state index in [0.717, 1.165) is 15.8 Å². The number of rotatable bonds is 7. The number of hydrogen-bond donors (Lipinski definition) is 1. The van der Waals surface area contributed by atoms with Crippen molar-refractivity contribution in [3.05, 3.63) is 104 Å². The SMILES string of the molecule is O=C(Nc1nc(-c2cccc([N+](=O)[O-])c2)cs1)c1ccc(COc2ccc(Br)cc2)cc1. The van der Waals surface area contributed by atoms with Crippen molar-refractivity contribution in [3.63, 3.8) is 0 Å². The van der Waals surface area contributed by atoms with E-state index in [1.165, 1.54) is 23.5 Å². The van der Waals surface area contributed by atoms with Crippen LogP contribution in [0.5, 0.6) is 5.75 Å². The van der Waals surface area contributed by atoms with Gasteiger partial charge in [-0.15, -0.1) is 11.3 Å². The number of aromatic nitrogens is 1. The van der Waals surface area contributed by atoms with Crippen molar-refractivity contribution in [2.45, 2.75) is 6.61 Å². The van der Waals surface area contributed by atoms with Gasteiger partial charge in [-0.25, -0.2) is 4.98 Å². The number of carbonyl (C=O) groups is 1. The van der Waals surface area contributed by atoms with E-state index >= 15 is 0 Å². The Morgan fingerprint density at radius 3 is 2.56 bits per heavy atom. The van der Waals surface area contributed by atoms with Crippen LogP contribution in [-0.2, 0) is 6.61 Å². The average Bonchev–Trinajstić information content (AvgIpc) is 3.27. The summed E-state index contributed by atoms with van der Waals surface area (Å²) >= 11 is 4.64. The monoisotopic (exact) mass is 509 g/mol. The fraction of sp³-hybridized carbons (Fsp3) is 0.0435. The summed E-state index contributed by atoms with van der Waals surface area (Å²) in [6, 6.07) is 20.9. The van der Waals surface area contributed by atoms with Gasteiger partial charge in [0, 0.05) is 33.1 Å². The summed E-state index contributed by atoms with van der Waals surface area (Å²) in [6.07, 6.45) is 0. The van der Waals surface area contributed by atoms with Crippen molar-refractivity contribution in [2.75, 3.05) is 5.32 Å². The van der Waals surface area contributed by atoms with E-state index < -0.39 is 4.92 Å². The highest BCUT2D eigenvalue weighted by Gasteiger charge is 2.12. The second-order valence-electron chi connectivity index (χ2n) is 6.74. The van der Waals surface area contributed by atoms with Crippen molar-refractivity contribution in [1.29, 1.82) is 0 Å². The average molecular weight is 510 g/mol. The number of hydrogen-bond acceptors (Lipinski definition) is 6. The molecule has 1 N–H and O–H groups in total. The molecule has 0 aliphatic carbocycles. The fourth-order valence-corrected chi connectivity index (χ4v) is 3.84. The number of nitro groups is 1. The highest BCUT2D eigenvalue weighted by molar-refractivity contribution is 9.10. The molecule has 0 saturated carbocycles. The quantitative estimate of drug-likeness (QED) is 0.232. The summed E-state index contributed by atoms with van der Waals surface area (Å²) in [4.78, 5) is 27.4. The van der Waals surface area contributed by atoms with E-state index in [9.17, 15) is 14.9 Å². The lowest BCUT2D eigenvalue weighted by atomic mass is 10.1. The molecule has 0 bridgehead atoms. The Bertz CT molecular complexity index is 1260. The summed E-state index contributed by atoms with van der Waals surface area (Å²) in [7, 11) is 0. The van der Waals surface area contributed by atoms with Crippen LogP contribution in [0.3, 0.4) is 0 Å². The van der Waals surface area contributed by atoms with Crippen LogP contribution in [0, 0.1) is 10.1 Å². The summed E-state index contributed by atoms with van der Waals surface area (Å²) in [5, 5.41) is 15.9. The van der Waals surface area contributed by atoms with Gasteiger partial charge in [-0.1, -0.05) is 40.2 Å². The Morgan fingerprint density at radius 2 is 1.84 bits per heavy atom. The van der Waals surface area contributed by atoms with Crippen molar-refractivity contribution >= 4 is 44.0 Å². The normalized spacial score (nSPS) is 10.5. The molecule has 1 amide bonds. The van der Waals surface area contributed by atoms with Gasteiger partial charge in [-0.05, 0) is 42.0 Å². The number of thiazole rings is 1. The Hall–Kier alpha value is -3.56. The van der Waals surface area contributed by atoms with Crippen molar-refractivity contribution in [2.24, 2.45) is 0 Å². The van der Waals surface area contributed by atoms with Gasteiger partial charge in [0.05, 0.1) is 10.6 Å². The van der Waals surface area contributed by atoms with Gasteiger partial charge < -0.3 is 4.74 Å². The maximum Gasteiger partial charge on any atom is 0.270 e. The molecule has 160 valence electrons. The van der Waals surface area contributed by atoms with Gasteiger partial charge >= 0.3 is 0 Å². The summed E-state index contributed by atoms with van der Waals surface area (Å²) in [5.74, 6) is 0.476. The van der Waals surface area contributed by atoms with Crippen molar-refractivity contribution < 1.29 is 14.5 Å². The number of anilines is 1. The Kier molecular flexibility index (Phi) is 6.58. The van der Waals surface area contributed by atoms with Crippen LogP contribution in [0.4, 0.5) is 10.8 Å². The minimum Gasteiger partial charge on any atom is -0.489 e. The first-order chi connectivity index (χ1) is 15.5. The number of nitro benzene ring substituents is 1. The minimum atomic E-state index is -0.452. The van der Waals surface area contributed by atoms with E-state index in [1.54, 1.807) is 29.6 Å². The molecule has 9 heteroatoms. The van der Waals surface area contributed by atoms with Crippen LogP contribution in [0.2, 0.25) is 0 Å². The van der Waals surface area contributed by atoms with E-state index in [1.807, 2.05) is 36.4 Å². The molecule has 0 fully saturated rings. The number of nitrogens with zero attached hydrogens (tertiary/aromatic N) is 2. The van der Waals surface area contributed by atoms with Crippen LogP contribution >= 0.6 is 27.3 Å². The number of carbonyl (C=O) groups excluding carboxylic acids is 1. The van der Waals surface area contributed by atoms with Crippen LogP contribution in [-0.4, -0.2) is 15.8 Å². The number of ether oxygens (including phenoxy) is 1. The van der Waals surface area contributed by atoms with Gasteiger partial charge in [0.15, 0.2) is 5.13 Å². The molecule has 0 saturated heterocycles. The molecule has 4 aromatic rings. The molecule has 0 atom stereocenters. The van der Waals surface area contributed by atoms with E-state index in [2.05, 4.69) is 26.2 Å². The van der Waals surface area contributed by atoms with E-state index in [-0.39, 0.29) is 11.6 Å². The molecular formula is C23H16BrN3O4S. The molecule has 0 unspecified atom stereocenters. The zero-order chi connectivity index (χ0) is 22.5. The van der Waals surface area contributed by atoms with Crippen molar-refractivity contribution in [1.82, 2.24) is 4.98 Å². The molecule has 0 spiro atoms. The molecule has 3 aromatic carbocycles. The predicted octanol–water partition coefficient (Wildman–Crippen LogP) is 6.31. The summed E-state index contributed by atoms with van der Waals surface area (Å²) in [5.41, 5.74) is 2.60. The highest BCUT2D eigenvalue weighted by Crippen LogP contribution is 2.27. The third kappa shape index (κ3) is 5.37. The molecule has 7 nitrogen and oxygen atoms in total. The second-order valence-corrected chi connectivity index (χ2v) is 8.51. The standard InChI is InChI=1S/C23H16BrN3O4S/c24-18-8-10-20(11-9-18)31-13-15-4-6-16(7-5-15)22(28)26-23-25-21(14-32-23)17-2-1-3-19(12-17)27(29)30/h1-12,14H,13H2,(H,25,26,28). The lowest BCUT2D eigenvalue weighted by Crippen LogP contribution is -2.11. The van der Waals surface area contributed by atoms with Gasteiger partial charge in [0.25, 0.3) is 11.6 Å². The molecule has 4 rings (SSSR count). The number of non-ortho nitro benzene ring substituents is 1. The van der Waals surface area contributed by atoms with Crippen LogP contribution in [0.1, 0.15) is 15.9 Å². The van der Waals surface area contributed by atoms with E-state index in [4.69, 9.17) is 4.74 Å². The molecule has 0 aliphatic heterocycles. The van der Waals surface area contributed by atoms with Gasteiger partial charge in [0.1, 0.15) is 12.4 Å². The Balaban J connectivity index is 1.37. The Labute approximate surface area is 196 Å². The molecule has 32 heavy (non-hydrogen) atoms. The van der Waals surface area contributed by atoms with Gasteiger partial charge in [-0.2, -0.15) is 0 Å². The summed E-state index contributed by atoms with van der Waals surface area (Å²) in [6.45, 7) is 0.391. The Morgan fingerprint density at radius 1 is 1.09 bits per heavy atom. The topological polar surface area (TPSA) is 94.4 Å². The van der Waals surface area contributed by atoms with Crippen LogP contribution < -0.4 is 10.1 Å². The van der Waals surface area contributed by atoms with Crippen LogP contribution in [0.15, 0.2) is 82.6 Å². The molecule has 1 heterocycles.